The van der Waals surface area contributed by atoms with Crippen molar-refractivity contribution in [1.29, 1.82) is 0 Å². The Kier molecular flexibility index (Phi) is 3.56. The van der Waals surface area contributed by atoms with E-state index in [0.29, 0.717) is 41.7 Å². The lowest BCUT2D eigenvalue weighted by Gasteiger charge is -2.20. The van der Waals surface area contributed by atoms with E-state index in [0.717, 1.165) is 5.56 Å². The third kappa shape index (κ3) is 2.86. The zero-order chi connectivity index (χ0) is 14.8. The Balaban J connectivity index is 1.77. The van der Waals surface area contributed by atoms with Crippen molar-refractivity contribution in [1.82, 2.24) is 0 Å². The molecule has 110 valence electrons. The molecule has 1 aliphatic heterocycles. The molecule has 0 atom stereocenters. The van der Waals surface area contributed by atoms with Gasteiger partial charge in [0.15, 0.2) is 11.5 Å². The van der Waals surface area contributed by atoms with Crippen LogP contribution in [0.1, 0.15) is 11.1 Å². The van der Waals surface area contributed by atoms with Crippen molar-refractivity contribution in [3.63, 3.8) is 0 Å². The van der Waals surface area contributed by atoms with Crippen LogP contribution in [0.3, 0.4) is 0 Å². The SMILES string of the molecule is Cc1cc(OCc2cc3c(cc2N)OCCO3)ccc1F. The molecule has 0 saturated carbocycles. The van der Waals surface area contributed by atoms with Crippen LogP contribution in [0.2, 0.25) is 0 Å². The average molecular weight is 289 g/mol. The molecule has 0 fully saturated rings. The first kappa shape index (κ1) is 13.5. The molecular weight excluding hydrogens is 273 g/mol. The number of rotatable bonds is 3. The number of nitrogens with two attached hydrogens (primary N) is 1. The summed E-state index contributed by atoms with van der Waals surface area (Å²) in [7, 11) is 0. The van der Waals surface area contributed by atoms with Crippen molar-refractivity contribution in [3.05, 3.63) is 47.3 Å². The molecule has 21 heavy (non-hydrogen) atoms. The summed E-state index contributed by atoms with van der Waals surface area (Å²) in [5.41, 5.74) is 7.92. The van der Waals surface area contributed by atoms with Gasteiger partial charge in [-0.15, -0.1) is 0 Å². The van der Waals surface area contributed by atoms with Gasteiger partial charge in [-0.3, -0.25) is 0 Å². The van der Waals surface area contributed by atoms with Gasteiger partial charge in [0.05, 0.1) is 0 Å². The van der Waals surface area contributed by atoms with Crippen LogP contribution in [0.4, 0.5) is 10.1 Å². The molecule has 2 N–H and O–H groups in total. The number of fused-ring (bicyclic) bond motifs is 1. The quantitative estimate of drug-likeness (QED) is 0.882. The van der Waals surface area contributed by atoms with E-state index in [1.807, 2.05) is 6.07 Å². The first-order chi connectivity index (χ1) is 10.1. The number of nitrogen functional groups attached to an aromatic ring is 1. The molecule has 5 heteroatoms. The predicted octanol–water partition coefficient (Wildman–Crippen LogP) is 3.07. The maximum absolute atomic E-state index is 13.2. The van der Waals surface area contributed by atoms with Crippen LogP contribution in [-0.4, -0.2) is 13.2 Å². The molecule has 0 aromatic heterocycles. The van der Waals surface area contributed by atoms with Gasteiger partial charge in [0.1, 0.15) is 31.4 Å². The van der Waals surface area contributed by atoms with E-state index in [9.17, 15) is 4.39 Å². The number of hydrogen-bond donors (Lipinski definition) is 1. The lowest BCUT2D eigenvalue weighted by atomic mass is 10.1. The van der Waals surface area contributed by atoms with E-state index >= 15 is 0 Å². The highest BCUT2D eigenvalue weighted by atomic mass is 19.1. The highest BCUT2D eigenvalue weighted by molar-refractivity contribution is 5.58. The molecule has 0 amide bonds. The van der Waals surface area contributed by atoms with E-state index in [1.165, 1.54) is 6.07 Å². The Hall–Kier alpha value is -2.43. The zero-order valence-electron chi connectivity index (χ0n) is 11.7. The van der Waals surface area contributed by atoms with Crippen LogP contribution in [0, 0.1) is 12.7 Å². The first-order valence-electron chi connectivity index (χ1n) is 6.70. The molecule has 2 aromatic rings. The van der Waals surface area contributed by atoms with Gasteiger partial charge in [0.25, 0.3) is 0 Å². The third-order valence-electron chi connectivity index (χ3n) is 3.33. The van der Waals surface area contributed by atoms with Gasteiger partial charge in [0, 0.05) is 17.3 Å². The Morgan fingerprint density at radius 2 is 1.86 bits per heavy atom. The second-order valence-corrected chi connectivity index (χ2v) is 4.89. The number of hydrogen-bond acceptors (Lipinski definition) is 4. The molecule has 2 aromatic carbocycles. The Bertz CT molecular complexity index is 673. The minimum atomic E-state index is -0.249. The molecule has 0 saturated heterocycles. The van der Waals surface area contributed by atoms with Crippen LogP contribution in [-0.2, 0) is 6.61 Å². The summed E-state index contributed by atoms with van der Waals surface area (Å²) in [4.78, 5) is 0. The molecule has 0 bridgehead atoms. The van der Waals surface area contributed by atoms with Crippen molar-refractivity contribution in [2.24, 2.45) is 0 Å². The second kappa shape index (κ2) is 5.52. The Morgan fingerprint density at radius 3 is 2.57 bits per heavy atom. The van der Waals surface area contributed by atoms with Crippen molar-refractivity contribution in [3.8, 4) is 17.2 Å². The minimum Gasteiger partial charge on any atom is -0.489 e. The summed E-state index contributed by atoms with van der Waals surface area (Å²) >= 11 is 0. The zero-order valence-corrected chi connectivity index (χ0v) is 11.7. The average Bonchev–Trinajstić information content (AvgIpc) is 2.48. The molecule has 1 aliphatic rings. The molecule has 0 aliphatic carbocycles. The van der Waals surface area contributed by atoms with Crippen molar-refractivity contribution in [2.75, 3.05) is 18.9 Å². The lowest BCUT2D eigenvalue weighted by molar-refractivity contribution is 0.171. The smallest absolute Gasteiger partial charge is 0.163 e. The number of aryl methyl sites for hydroxylation is 1. The summed E-state index contributed by atoms with van der Waals surface area (Å²) in [6.07, 6.45) is 0. The number of halogens is 1. The Morgan fingerprint density at radius 1 is 1.14 bits per heavy atom. The largest absolute Gasteiger partial charge is 0.489 e. The second-order valence-electron chi connectivity index (χ2n) is 4.89. The van der Waals surface area contributed by atoms with Crippen LogP contribution in [0.15, 0.2) is 30.3 Å². The molecule has 0 spiro atoms. The maximum atomic E-state index is 13.2. The molecule has 1 heterocycles. The minimum absolute atomic E-state index is 0.249. The van der Waals surface area contributed by atoms with Crippen molar-refractivity contribution in [2.45, 2.75) is 13.5 Å². The summed E-state index contributed by atoms with van der Waals surface area (Å²) in [5, 5.41) is 0. The molecular formula is C16H16FNO3. The standard InChI is InChI=1S/C16H16FNO3/c1-10-6-12(2-3-13(10)17)21-9-11-7-15-16(8-14(11)18)20-5-4-19-15/h2-3,6-8H,4-5,9,18H2,1H3. The van der Waals surface area contributed by atoms with Crippen LogP contribution < -0.4 is 19.9 Å². The van der Waals surface area contributed by atoms with Crippen molar-refractivity contribution < 1.29 is 18.6 Å². The van der Waals surface area contributed by atoms with Crippen LogP contribution in [0.25, 0.3) is 0 Å². The topological polar surface area (TPSA) is 53.7 Å². The molecule has 4 nitrogen and oxygen atoms in total. The van der Waals surface area contributed by atoms with Gasteiger partial charge in [-0.05, 0) is 36.8 Å². The number of ether oxygens (including phenoxy) is 3. The van der Waals surface area contributed by atoms with Gasteiger partial charge in [-0.1, -0.05) is 0 Å². The normalized spacial score (nSPS) is 13.0. The van der Waals surface area contributed by atoms with E-state index in [2.05, 4.69) is 0 Å². The van der Waals surface area contributed by atoms with Crippen LogP contribution in [0.5, 0.6) is 17.2 Å². The summed E-state index contributed by atoms with van der Waals surface area (Å²) in [6.45, 7) is 3.03. The highest BCUT2D eigenvalue weighted by Gasteiger charge is 2.15. The lowest BCUT2D eigenvalue weighted by Crippen LogP contribution is -2.16. The molecule has 3 rings (SSSR count). The van der Waals surface area contributed by atoms with Crippen LogP contribution >= 0.6 is 0 Å². The van der Waals surface area contributed by atoms with Gasteiger partial charge in [0.2, 0.25) is 0 Å². The Labute approximate surface area is 122 Å². The summed E-state index contributed by atoms with van der Waals surface area (Å²) in [5.74, 6) is 1.67. The van der Waals surface area contributed by atoms with E-state index < -0.39 is 0 Å². The monoisotopic (exact) mass is 289 g/mol. The summed E-state index contributed by atoms with van der Waals surface area (Å²) < 4.78 is 29.8. The van der Waals surface area contributed by atoms with E-state index in [1.54, 1.807) is 25.1 Å². The van der Waals surface area contributed by atoms with Gasteiger partial charge >= 0.3 is 0 Å². The maximum Gasteiger partial charge on any atom is 0.163 e. The van der Waals surface area contributed by atoms with E-state index in [4.69, 9.17) is 19.9 Å². The fraction of sp³-hybridized carbons (Fsp3) is 0.250. The third-order valence-corrected chi connectivity index (χ3v) is 3.33. The van der Waals surface area contributed by atoms with Gasteiger partial charge in [-0.25, -0.2) is 4.39 Å². The molecule has 0 unspecified atom stereocenters. The number of benzene rings is 2. The van der Waals surface area contributed by atoms with Crippen molar-refractivity contribution >= 4 is 5.69 Å². The predicted molar refractivity (Wildman–Crippen MR) is 77.3 cm³/mol. The first-order valence-corrected chi connectivity index (χ1v) is 6.70. The highest BCUT2D eigenvalue weighted by Crippen LogP contribution is 2.34. The number of anilines is 1. The van der Waals surface area contributed by atoms with E-state index in [-0.39, 0.29) is 12.4 Å². The fourth-order valence-electron chi connectivity index (χ4n) is 2.14. The fourth-order valence-corrected chi connectivity index (χ4v) is 2.14. The molecule has 0 radical (unpaired) electrons. The van der Waals surface area contributed by atoms with Gasteiger partial charge < -0.3 is 19.9 Å². The summed E-state index contributed by atoms with van der Waals surface area (Å²) in [6, 6.07) is 8.20. The van der Waals surface area contributed by atoms with Gasteiger partial charge in [-0.2, -0.15) is 0 Å².